The predicted octanol–water partition coefficient (Wildman–Crippen LogP) is 5.03. The molecular formula is C19H16F6N2O3S. The number of hydrogen-bond acceptors (Lipinski definition) is 4. The summed E-state index contributed by atoms with van der Waals surface area (Å²) in [6.45, 7) is 2.03. The lowest BCUT2D eigenvalue weighted by atomic mass is 10.2. The molecule has 0 aliphatic rings. The van der Waals surface area contributed by atoms with Crippen molar-refractivity contribution in [3.05, 3.63) is 53.9 Å². The number of fused-ring (bicyclic) bond motifs is 1. The van der Waals surface area contributed by atoms with Crippen LogP contribution in [0.4, 0.5) is 26.3 Å². The number of pyridine rings is 1. The van der Waals surface area contributed by atoms with Crippen LogP contribution < -0.4 is 0 Å². The molecule has 2 heterocycles. The van der Waals surface area contributed by atoms with E-state index >= 15 is 0 Å². The molecule has 12 heteroatoms. The minimum Gasteiger partial charge on any atom is -0.494 e. The average Bonchev–Trinajstić information content (AvgIpc) is 2.95. The number of halogens is 6. The van der Waals surface area contributed by atoms with E-state index in [0.717, 1.165) is 35.0 Å². The topological polar surface area (TPSA) is 72.2 Å². The molecule has 0 fully saturated rings. The highest BCUT2D eigenvalue weighted by molar-refractivity contribution is 7.92. The maximum absolute atomic E-state index is 13.0. The first kappa shape index (κ1) is 22.9. The summed E-state index contributed by atoms with van der Waals surface area (Å²) < 4.78 is 103. The number of hydrogen-bond donors (Lipinski definition) is 1. The van der Waals surface area contributed by atoms with E-state index in [-0.39, 0.29) is 10.9 Å². The van der Waals surface area contributed by atoms with Crippen LogP contribution in [0.3, 0.4) is 0 Å². The molecule has 0 saturated heterocycles. The lowest BCUT2D eigenvalue weighted by molar-refractivity contribution is -0.141. The number of benzene rings is 1. The Morgan fingerprint density at radius 2 is 1.65 bits per heavy atom. The number of aromatic hydroxyl groups is 1. The van der Waals surface area contributed by atoms with E-state index < -0.39 is 55.5 Å². The Labute approximate surface area is 172 Å². The fourth-order valence-corrected chi connectivity index (χ4v) is 4.55. The van der Waals surface area contributed by atoms with E-state index in [0.29, 0.717) is 12.1 Å². The van der Waals surface area contributed by atoms with Gasteiger partial charge in [-0.25, -0.2) is 13.4 Å². The molecule has 0 unspecified atom stereocenters. The summed E-state index contributed by atoms with van der Waals surface area (Å²) in [5, 5.41) is 10.3. The summed E-state index contributed by atoms with van der Waals surface area (Å²) in [5.74, 6) is -0.511. The van der Waals surface area contributed by atoms with Gasteiger partial charge >= 0.3 is 12.4 Å². The molecule has 3 rings (SSSR count). The zero-order chi connectivity index (χ0) is 23.4. The van der Waals surface area contributed by atoms with Crippen LogP contribution in [0.1, 0.15) is 25.1 Å². The first-order valence-corrected chi connectivity index (χ1v) is 10.2. The van der Waals surface area contributed by atoms with Gasteiger partial charge in [0.2, 0.25) is 5.88 Å². The maximum atomic E-state index is 13.0. The van der Waals surface area contributed by atoms with Gasteiger partial charge in [-0.2, -0.15) is 26.3 Å². The molecule has 0 bridgehead atoms. The van der Waals surface area contributed by atoms with E-state index in [4.69, 9.17) is 0 Å². The second kappa shape index (κ2) is 7.14. The van der Waals surface area contributed by atoms with Crippen LogP contribution >= 0.6 is 0 Å². The van der Waals surface area contributed by atoms with Crippen molar-refractivity contribution in [2.75, 3.05) is 0 Å². The molecule has 0 radical (unpaired) electrons. The van der Waals surface area contributed by atoms with Gasteiger partial charge in [0.15, 0.2) is 9.84 Å². The standard InChI is InChI=1S/C19H16F6N2O3S/c1-17(2,31(29,30)12-5-3-4-11(8-12)18(20,21)22)10-27-9-14-13(16(27)28)6-7-15(26-14)19(23,24)25/h3-9,28H,10H2,1-2H3. The van der Waals surface area contributed by atoms with E-state index in [9.17, 15) is 39.9 Å². The summed E-state index contributed by atoms with van der Waals surface area (Å²) in [7, 11) is -4.34. The molecule has 1 aromatic carbocycles. The van der Waals surface area contributed by atoms with Gasteiger partial charge in [-0.05, 0) is 44.2 Å². The second-order valence-electron chi connectivity index (χ2n) is 7.50. The number of alkyl halides is 6. The number of aromatic nitrogens is 2. The van der Waals surface area contributed by atoms with Crippen LogP contribution in [-0.2, 0) is 28.7 Å². The fraction of sp³-hybridized carbons (Fsp3) is 0.316. The molecule has 168 valence electrons. The van der Waals surface area contributed by atoms with Crippen LogP contribution in [0.5, 0.6) is 5.88 Å². The number of nitrogens with zero attached hydrogens (tertiary/aromatic N) is 2. The Bertz CT molecular complexity index is 1240. The van der Waals surface area contributed by atoms with Gasteiger partial charge in [0.25, 0.3) is 0 Å². The van der Waals surface area contributed by atoms with Crippen molar-refractivity contribution < 1.29 is 39.9 Å². The monoisotopic (exact) mass is 466 g/mol. The molecule has 0 aliphatic heterocycles. The summed E-state index contributed by atoms with van der Waals surface area (Å²) in [6.07, 6.45) is -8.39. The van der Waals surface area contributed by atoms with Crippen molar-refractivity contribution in [1.29, 1.82) is 0 Å². The number of rotatable bonds is 4. The van der Waals surface area contributed by atoms with Gasteiger partial charge in [-0.15, -0.1) is 0 Å². The molecule has 0 aliphatic carbocycles. The highest BCUT2D eigenvalue weighted by Crippen LogP contribution is 2.36. The molecule has 0 atom stereocenters. The van der Waals surface area contributed by atoms with Crippen LogP contribution in [0.15, 0.2) is 47.5 Å². The van der Waals surface area contributed by atoms with Crippen molar-refractivity contribution in [1.82, 2.24) is 9.55 Å². The highest BCUT2D eigenvalue weighted by Gasteiger charge is 2.39. The SMILES string of the molecule is CC(C)(Cn1cc2nc(C(F)(F)F)ccc2c1O)S(=O)(=O)c1cccc(C(F)(F)F)c1. The Hall–Kier alpha value is -2.76. The molecule has 2 aromatic heterocycles. The Morgan fingerprint density at radius 1 is 1.00 bits per heavy atom. The predicted molar refractivity (Wildman–Crippen MR) is 99.1 cm³/mol. The molecule has 31 heavy (non-hydrogen) atoms. The van der Waals surface area contributed by atoms with Gasteiger partial charge in [-0.1, -0.05) is 6.07 Å². The van der Waals surface area contributed by atoms with Crippen molar-refractivity contribution in [2.45, 2.75) is 42.4 Å². The van der Waals surface area contributed by atoms with Crippen molar-refractivity contribution in [3.63, 3.8) is 0 Å². The fourth-order valence-electron chi connectivity index (χ4n) is 3.06. The van der Waals surface area contributed by atoms with E-state index in [1.807, 2.05) is 0 Å². The lowest BCUT2D eigenvalue weighted by Gasteiger charge is -2.26. The van der Waals surface area contributed by atoms with Crippen molar-refractivity contribution in [3.8, 4) is 5.88 Å². The summed E-state index contributed by atoms with van der Waals surface area (Å²) in [4.78, 5) is 2.87. The van der Waals surface area contributed by atoms with Crippen molar-refractivity contribution >= 4 is 20.7 Å². The van der Waals surface area contributed by atoms with Crippen LogP contribution in [0.25, 0.3) is 10.9 Å². The molecule has 0 amide bonds. The first-order chi connectivity index (χ1) is 14.0. The second-order valence-corrected chi connectivity index (χ2v) is 10.1. The summed E-state index contributed by atoms with van der Waals surface area (Å²) in [6, 6.07) is 4.92. The Morgan fingerprint density at radius 3 is 2.23 bits per heavy atom. The normalized spacial score (nSPS) is 13.7. The molecule has 3 aromatic rings. The summed E-state index contributed by atoms with van der Waals surface area (Å²) in [5.41, 5.74) is -2.53. The lowest BCUT2D eigenvalue weighted by Crippen LogP contribution is -2.36. The van der Waals surface area contributed by atoms with Crippen molar-refractivity contribution in [2.24, 2.45) is 0 Å². The minimum atomic E-state index is -4.74. The van der Waals surface area contributed by atoms with Gasteiger partial charge < -0.3 is 9.67 Å². The van der Waals surface area contributed by atoms with Gasteiger partial charge in [0.1, 0.15) is 5.69 Å². The maximum Gasteiger partial charge on any atom is 0.433 e. The van der Waals surface area contributed by atoms with Gasteiger partial charge in [0.05, 0.1) is 26.1 Å². The first-order valence-electron chi connectivity index (χ1n) is 8.72. The van der Waals surface area contributed by atoms with Gasteiger partial charge in [-0.3, -0.25) is 0 Å². The Kier molecular flexibility index (Phi) is 5.28. The smallest absolute Gasteiger partial charge is 0.433 e. The zero-order valence-electron chi connectivity index (χ0n) is 16.1. The van der Waals surface area contributed by atoms with Crippen LogP contribution in [0.2, 0.25) is 0 Å². The molecular weight excluding hydrogens is 450 g/mol. The molecule has 0 spiro atoms. The van der Waals surface area contributed by atoms with E-state index in [2.05, 4.69) is 4.98 Å². The third-order valence-electron chi connectivity index (χ3n) is 4.76. The molecule has 5 nitrogen and oxygen atoms in total. The summed E-state index contributed by atoms with van der Waals surface area (Å²) >= 11 is 0. The quantitative estimate of drug-likeness (QED) is 0.548. The van der Waals surface area contributed by atoms with Crippen LogP contribution in [0, 0.1) is 0 Å². The van der Waals surface area contributed by atoms with E-state index in [1.54, 1.807) is 0 Å². The highest BCUT2D eigenvalue weighted by atomic mass is 32.2. The Balaban J connectivity index is 2.01. The zero-order valence-corrected chi connectivity index (χ0v) is 16.9. The average molecular weight is 466 g/mol. The number of sulfone groups is 1. The van der Waals surface area contributed by atoms with Crippen LogP contribution in [-0.4, -0.2) is 27.8 Å². The molecule has 1 N–H and O–H groups in total. The molecule has 0 saturated carbocycles. The largest absolute Gasteiger partial charge is 0.494 e. The van der Waals surface area contributed by atoms with Gasteiger partial charge in [0, 0.05) is 12.7 Å². The third kappa shape index (κ3) is 4.21. The van der Waals surface area contributed by atoms with E-state index in [1.165, 1.54) is 13.8 Å². The third-order valence-corrected chi connectivity index (χ3v) is 7.22. The minimum absolute atomic E-state index is 0.0275.